The van der Waals surface area contributed by atoms with E-state index in [0.717, 1.165) is 24.0 Å². The standard InChI is InChI=1S/C11H14ClNO/c1-7-5-10(14)9(12)6-8(7)11(13)3-2-4-11/h5-6,14H,2-4,13H2,1H3. The van der Waals surface area contributed by atoms with Crippen LogP contribution in [0.1, 0.15) is 30.4 Å². The number of hydrogen-bond donors (Lipinski definition) is 2. The Morgan fingerprint density at radius 1 is 1.43 bits per heavy atom. The smallest absolute Gasteiger partial charge is 0.134 e. The number of phenols is 1. The van der Waals surface area contributed by atoms with Gasteiger partial charge in [0.1, 0.15) is 5.75 Å². The first-order valence-corrected chi connectivity index (χ1v) is 5.19. The Morgan fingerprint density at radius 2 is 2.07 bits per heavy atom. The van der Waals surface area contributed by atoms with Crippen LogP contribution in [0.15, 0.2) is 12.1 Å². The molecule has 3 N–H and O–H groups in total. The Morgan fingerprint density at radius 3 is 2.57 bits per heavy atom. The zero-order valence-electron chi connectivity index (χ0n) is 8.18. The van der Waals surface area contributed by atoms with Gasteiger partial charge in [0.15, 0.2) is 0 Å². The highest BCUT2D eigenvalue weighted by molar-refractivity contribution is 6.32. The van der Waals surface area contributed by atoms with Gasteiger partial charge in [0.25, 0.3) is 0 Å². The maximum absolute atomic E-state index is 9.41. The summed E-state index contributed by atoms with van der Waals surface area (Å²) in [7, 11) is 0. The molecule has 1 aliphatic carbocycles. The number of halogens is 1. The van der Waals surface area contributed by atoms with Crippen LogP contribution in [0.3, 0.4) is 0 Å². The number of phenolic OH excluding ortho intramolecular Hbond substituents is 1. The number of rotatable bonds is 1. The third-order valence-corrected chi connectivity index (χ3v) is 3.38. The summed E-state index contributed by atoms with van der Waals surface area (Å²) in [6.07, 6.45) is 3.19. The number of nitrogens with two attached hydrogens (primary N) is 1. The number of hydrogen-bond acceptors (Lipinski definition) is 2. The lowest BCUT2D eigenvalue weighted by molar-refractivity contribution is 0.252. The molecule has 0 aliphatic heterocycles. The summed E-state index contributed by atoms with van der Waals surface area (Å²) < 4.78 is 0. The fourth-order valence-electron chi connectivity index (χ4n) is 2.03. The summed E-state index contributed by atoms with van der Waals surface area (Å²) in [6, 6.07) is 3.48. The summed E-state index contributed by atoms with van der Waals surface area (Å²) in [6.45, 7) is 1.96. The quantitative estimate of drug-likeness (QED) is 0.750. The first-order valence-electron chi connectivity index (χ1n) is 4.81. The van der Waals surface area contributed by atoms with Gasteiger partial charge in [-0.3, -0.25) is 0 Å². The number of aromatic hydroxyl groups is 1. The van der Waals surface area contributed by atoms with Crippen LogP contribution in [0, 0.1) is 6.92 Å². The van der Waals surface area contributed by atoms with Crippen molar-refractivity contribution in [1.82, 2.24) is 0 Å². The van der Waals surface area contributed by atoms with Gasteiger partial charge in [-0.25, -0.2) is 0 Å². The van der Waals surface area contributed by atoms with Crippen LogP contribution in [0.5, 0.6) is 5.75 Å². The summed E-state index contributed by atoms with van der Waals surface area (Å²) in [4.78, 5) is 0. The zero-order chi connectivity index (χ0) is 10.3. The number of benzene rings is 1. The fourth-order valence-corrected chi connectivity index (χ4v) is 2.19. The summed E-state index contributed by atoms with van der Waals surface area (Å²) in [5.74, 6) is 0.135. The Hall–Kier alpha value is -0.730. The predicted octanol–water partition coefficient (Wildman–Crippen LogP) is 2.69. The van der Waals surface area contributed by atoms with E-state index in [4.69, 9.17) is 17.3 Å². The van der Waals surface area contributed by atoms with E-state index in [0.29, 0.717) is 5.02 Å². The monoisotopic (exact) mass is 211 g/mol. The molecule has 0 unspecified atom stereocenters. The third kappa shape index (κ3) is 1.39. The van der Waals surface area contributed by atoms with Gasteiger partial charge in [0.05, 0.1) is 5.02 Å². The molecule has 0 atom stereocenters. The molecule has 1 saturated carbocycles. The molecule has 0 saturated heterocycles. The lowest BCUT2D eigenvalue weighted by Gasteiger charge is -2.39. The maximum Gasteiger partial charge on any atom is 0.134 e. The molecular weight excluding hydrogens is 198 g/mol. The van der Waals surface area contributed by atoms with Gasteiger partial charge in [-0.1, -0.05) is 11.6 Å². The van der Waals surface area contributed by atoms with E-state index in [-0.39, 0.29) is 11.3 Å². The maximum atomic E-state index is 9.41. The van der Waals surface area contributed by atoms with E-state index in [9.17, 15) is 5.11 Å². The molecule has 1 aliphatic rings. The highest BCUT2D eigenvalue weighted by Gasteiger charge is 2.35. The molecule has 0 heterocycles. The van der Waals surface area contributed by atoms with Crippen molar-refractivity contribution in [3.63, 3.8) is 0 Å². The Bertz CT molecular complexity index is 372. The van der Waals surface area contributed by atoms with E-state index < -0.39 is 0 Å². The van der Waals surface area contributed by atoms with Crippen molar-refractivity contribution < 1.29 is 5.11 Å². The van der Waals surface area contributed by atoms with Crippen LogP contribution in [0.2, 0.25) is 5.02 Å². The van der Waals surface area contributed by atoms with Crippen molar-refractivity contribution in [2.75, 3.05) is 0 Å². The van der Waals surface area contributed by atoms with Crippen LogP contribution in [0.4, 0.5) is 0 Å². The summed E-state index contributed by atoms with van der Waals surface area (Å²) in [5, 5.41) is 9.80. The van der Waals surface area contributed by atoms with E-state index in [1.54, 1.807) is 12.1 Å². The first-order chi connectivity index (χ1) is 6.53. The molecule has 1 aromatic rings. The van der Waals surface area contributed by atoms with Crippen LogP contribution in [-0.2, 0) is 5.54 Å². The van der Waals surface area contributed by atoms with E-state index >= 15 is 0 Å². The average molecular weight is 212 g/mol. The molecule has 0 amide bonds. The van der Waals surface area contributed by atoms with Gasteiger partial charge in [0.2, 0.25) is 0 Å². The van der Waals surface area contributed by atoms with Crippen LogP contribution in [0.25, 0.3) is 0 Å². The van der Waals surface area contributed by atoms with Crippen LogP contribution in [-0.4, -0.2) is 5.11 Å². The Balaban J connectivity index is 2.48. The molecule has 76 valence electrons. The Kier molecular flexibility index (Phi) is 2.20. The molecule has 1 fully saturated rings. The minimum Gasteiger partial charge on any atom is -0.506 e. The molecule has 3 heteroatoms. The normalized spacial score (nSPS) is 19.1. The minimum atomic E-state index is -0.207. The minimum absolute atomic E-state index is 0.135. The molecule has 0 spiro atoms. The molecule has 14 heavy (non-hydrogen) atoms. The summed E-state index contributed by atoms with van der Waals surface area (Å²) >= 11 is 5.87. The second kappa shape index (κ2) is 3.14. The van der Waals surface area contributed by atoms with E-state index in [2.05, 4.69) is 0 Å². The van der Waals surface area contributed by atoms with Crippen molar-refractivity contribution >= 4 is 11.6 Å². The van der Waals surface area contributed by atoms with Gasteiger partial charge in [0, 0.05) is 5.54 Å². The van der Waals surface area contributed by atoms with E-state index in [1.807, 2.05) is 6.92 Å². The first kappa shape index (κ1) is 9.81. The number of aryl methyl sites for hydroxylation is 1. The second-order valence-electron chi connectivity index (χ2n) is 4.13. The highest BCUT2D eigenvalue weighted by Crippen LogP contribution is 2.42. The van der Waals surface area contributed by atoms with Gasteiger partial charge in [-0.05, 0) is 49.4 Å². The predicted molar refractivity (Wildman–Crippen MR) is 57.6 cm³/mol. The molecule has 2 rings (SSSR count). The van der Waals surface area contributed by atoms with Gasteiger partial charge >= 0.3 is 0 Å². The van der Waals surface area contributed by atoms with Crippen LogP contribution < -0.4 is 5.73 Å². The van der Waals surface area contributed by atoms with Gasteiger partial charge in [-0.15, -0.1) is 0 Å². The average Bonchev–Trinajstić information content (AvgIpc) is 2.07. The molecule has 1 aromatic carbocycles. The third-order valence-electron chi connectivity index (χ3n) is 3.08. The largest absolute Gasteiger partial charge is 0.506 e. The van der Waals surface area contributed by atoms with Crippen molar-refractivity contribution in [1.29, 1.82) is 0 Å². The molecule has 2 nitrogen and oxygen atoms in total. The fraction of sp³-hybridized carbons (Fsp3) is 0.455. The SMILES string of the molecule is Cc1cc(O)c(Cl)cc1C1(N)CCC1. The van der Waals surface area contributed by atoms with E-state index in [1.165, 1.54) is 6.42 Å². The van der Waals surface area contributed by atoms with Crippen molar-refractivity contribution in [2.45, 2.75) is 31.7 Å². The van der Waals surface area contributed by atoms with Crippen molar-refractivity contribution in [3.8, 4) is 5.75 Å². The van der Waals surface area contributed by atoms with Gasteiger partial charge < -0.3 is 10.8 Å². The lowest BCUT2D eigenvalue weighted by Crippen LogP contribution is -2.43. The zero-order valence-corrected chi connectivity index (χ0v) is 8.93. The Labute approximate surface area is 88.7 Å². The molecular formula is C11H14ClNO. The summed E-state index contributed by atoms with van der Waals surface area (Å²) in [5.41, 5.74) is 8.09. The van der Waals surface area contributed by atoms with Crippen molar-refractivity contribution in [3.05, 3.63) is 28.3 Å². The topological polar surface area (TPSA) is 46.2 Å². The van der Waals surface area contributed by atoms with Gasteiger partial charge in [-0.2, -0.15) is 0 Å². The molecule has 0 bridgehead atoms. The van der Waals surface area contributed by atoms with Crippen LogP contribution >= 0.6 is 11.6 Å². The molecule has 0 aromatic heterocycles. The molecule has 0 radical (unpaired) electrons. The highest BCUT2D eigenvalue weighted by atomic mass is 35.5. The second-order valence-corrected chi connectivity index (χ2v) is 4.54. The van der Waals surface area contributed by atoms with Crippen molar-refractivity contribution in [2.24, 2.45) is 5.73 Å². The lowest BCUT2D eigenvalue weighted by atomic mass is 9.71.